The maximum absolute atomic E-state index is 5.28. The van der Waals surface area contributed by atoms with Gasteiger partial charge in [-0.2, -0.15) is 0 Å². The van der Waals surface area contributed by atoms with Crippen LogP contribution in [-0.4, -0.2) is 25.8 Å². The van der Waals surface area contributed by atoms with E-state index in [0.29, 0.717) is 11.5 Å². The van der Waals surface area contributed by atoms with Gasteiger partial charge in [-0.25, -0.2) is 0 Å². The molecule has 0 aromatic heterocycles. The van der Waals surface area contributed by atoms with E-state index in [9.17, 15) is 0 Å². The van der Waals surface area contributed by atoms with Gasteiger partial charge in [0.2, 0.25) is 0 Å². The first kappa shape index (κ1) is 11.0. The first-order valence-electron chi connectivity index (χ1n) is 5.30. The van der Waals surface area contributed by atoms with Gasteiger partial charge in [-0.1, -0.05) is 13.8 Å². The molecular weight excluding hydrogens is 162 g/mol. The number of hydrogen-bond acceptors (Lipinski definition) is 2. The molecule has 1 aliphatic rings. The van der Waals surface area contributed by atoms with Crippen LogP contribution in [0.1, 0.15) is 40.0 Å². The normalized spacial score (nSPS) is 20.3. The summed E-state index contributed by atoms with van der Waals surface area (Å²) >= 11 is 0. The molecular formula is C11H23NO. The minimum Gasteiger partial charge on any atom is -0.382 e. The van der Waals surface area contributed by atoms with Crippen LogP contribution < -0.4 is 5.32 Å². The molecule has 0 radical (unpaired) electrons. The van der Waals surface area contributed by atoms with E-state index in [-0.39, 0.29) is 0 Å². The van der Waals surface area contributed by atoms with Crippen LogP contribution in [-0.2, 0) is 4.74 Å². The SMILES string of the molecule is COC(C)CC(C)(C)CNC1CC1. The fourth-order valence-electron chi connectivity index (χ4n) is 1.64. The van der Waals surface area contributed by atoms with Gasteiger partial charge < -0.3 is 10.1 Å². The topological polar surface area (TPSA) is 21.3 Å². The highest BCUT2D eigenvalue weighted by Gasteiger charge is 2.26. The number of methoxy groups -OCH3 is 1. The van der Waals surface area contributed by atoms with E-state index in [4.69, 9.17) is 4.74 Å². The Morgan fingerprint density at radius 2 is 2.08 bits per heavy atom. The third-order valence-corrected chi connectivity index (χ3v) is 2.69. The fraction of sp³-hybridized carbons (Fsp3) is 1.00. The summed E-state index contributed by atoms with van der Waals surface area (Å²) in [4.78, 5) is 0. The summed E-state index contributed by atoms with van der Waals surface area (Å²) in [5.41, 5.74) is 0.359. The van der Waals surface area contributed by atoms with Gasteiger partial charge in [0.05, 0.1) is 6.10 Å². The van der Waals surface area contributed by atoms with Crippen molar-refractivity contribution < 1.29 is 4.74 Å². The molecule has 0 aromatic carbocycles. The molecule has 1 N–H and O–H groups in total. The Labute approximate surface area is 82.0 Å². The van der Waals surface area contributed by atoms with E-state index in [1.54, 1.807) is 7.11 Å². The Balaban J connectivity index is 2.17. The van der Waals surface area contributed by atoms with E-state index >= 15 is 0 Å². The van der Waals surface area contributed by atoms with Crippen molar-refractivity contribution in [2.24, 2.45) is 5.41 Å². The molecule has 13 heavy (non-hydrogen) atoms. The van der Waals surface area contributed by atoms with Gasteiger partial charge in [0.15, 0.2) is 0 Å². The van der Waals surface area contributed by atoms with E-state index in [2.05, 4.69) is 26.1 Å². The van der Waals surface area contributed by atoms with Crippen molar-refractivity contribution in [1.82, 2.24) is 5.32 Å². The van der Waals surface area contributed by atoms with Gasteiger partial charge in [0.1, 0.15) is 0 Å². The highest BCUT2D eigenvalue weighted by Crippen LogP contribution is 2.25. The highest BCUT2D eigenvalue weighted by molar-refractivity contribution is 4.84. The maximum atomic E-state index is 5.28. The standard InChI is InChI=1S/C11H23NO/c1-9(13-4)7-11(2,3)8-12-10-5-6-10/h9-10,12H,5-8H2,1-4H3. The molecule has 1 aliphatic carbocycles. The van der Waals surface area contributed by atoms with Crippen LogP contribution in [0.25, 0.3) is 0 Å². The Morgan fingerprint density at radius 1 is 1.46 bits per heavy atom. The first-order chi connectivity index (χ1) is 6.03. The van der Waals surface area contributed by atoms with Crippen molar-refractivity contribution in [3.05, 3.63) is 0 Å². The summed E-state index contributed by atoms with van der Waals surface area (Å²) in [7, 11) is 1.79. The van der Waals surface area contributed by atoms with E-state index in [1.807, 2.05) is 0 Å². The number of ether oxygens (including phenoxy) is 1. The molecule has 78 valence electrons. The molecule has 1 rings (SSSR count). The minimum absolute atomic E-state index is 0.359. The lowest BCUT2D eigenvalue weighted by molar-refractivity contribution is 0.0751. The summed E-state index contributed by atoms with van der Waals surface area (Å²) in [5.74, 6) is 0. The summed E-state index contributed by atoms with van der Waals surface area (Å²) in [6.07, 6.45) is 4.24. The number of hydrogen-bond donors (Lipinski definition) is 1. The molecule has 0 spiro atoms. The van der Waals surface area contributed by atoms with Crippen LogP contribution in [0.3, 0.4) is 0 Å². The minimum atomic E-state index is 0.359. The third-order valence-electron chi connectivity index (χ3n) is 2.69. The zero-order valence-corrected chi connectivity index (χ0v) is 9.39. The van der Waals surface area contributed by atoms with E-state index in [1.165, 1.54) is 12.8 Å². The van der Waals surface area contributed by atoms with Crippen LogP contribution in [0.4, 0.5) is 0 Å². The predicted octanol–water partition coefficient (Wildman–Crippen LogP) is 2.19. The molecule has 0 aromatic rings. The molecule has 0 saturated heterocycles. The molecule has 1 unspecified atom stereocenters. The zero-order chi connectivity index (χ0) is 9.90. The van der Waals surface area contributed by atoms with Crippen LogP contribution in [0, 0.1) is 5.41 Å². The second kappa shape index (κ2) is 4.43. The maximum Gasteiger partial charge on any atom is 0.0548 e. The van der Waals surface area contributed by atoms with E-state index < -0.39 is 0 Å². The Hall–Kier alpha value is -0.0800. The van der Waals surface area contributed by atoms with Crippen molar-refractivity contribution in [3.8, 4) is 0 Å². The molecule has 0 bridgehead atoms. The van der Waals surface area contributed by atoms with Crippen molar-refractivity contribution in [2.45, 2.75) is 52.2 Å². The molecule has 0 heterocycles. The molecule has 2 heteroatoms. The van der Waals surface area contributed by atoms with E-state index in [0.717, 1.165) is 19.0 Å². The van der Waals surface area contributed by atoms with Gasteiger partial charge in [-0.3, -0.25) is 0 Å². The summed E-state index contributed by atoms with van der Waals surface area (Å²) in [6.45, 7) is 7.86. The van der Waals surface area contributed by atoms with Crippen LogP contribution in [0.2, 0.25) is 0 Å². The zero-order valence-electron chi connectivity index (χ0n) is 9.39. The second-order valence-electron chi connectivity index (χ2n) is 5.07. The lowest BCUT2D eigenvalue weighted by Crippen LogP contribution is -2.33. The Bertz CT molecular complexity index is 152. The predicted molar refractivity (Wildman–Crippen MR) is 55.9 cm³/mol. The van der Waals surface area contributed by atoms with Gasteiger partial charge in [0, 0.05) is 19.7 Å². The molecule has 1 atom stereocenters. The van der Waals surface area contributed by atoms with Crippen molar-refractivity contribution >= 4 is 0 Å². The van der Waals surface area contributed by atoms with Crippen LogP contribution in [0.15, 0.2) is 0 Å². The third kappa shape index (κ3) is 4.63. The Morgan fingerprint density at radius 3 is 2.54 bits per heavy atom. The monoisotopic (exact) mass is 185 g/mol. The van der Waals surface area contributed by atoms with Crippen molar-refractivity contribution in [3.63, 3.8) is 0 Å². The second-order valence-corrected chi connectivity index (χ2v) is 5.07. The fourth-order valence-corrected chi connectivity index (χ4v) is 1.64. The highest BCUT2D eigenvalue weighted by atomic mass is 16.5. The number of nitrogens with one attached hydrogen (secondary N) is 1. The average molecular weight is 185 g/mol. The van der Waals surface area contributed by atoms with Crippen molar-refractivity contribution in [2.75, 3.05) is 13.7 Å². The van der Waals surface area contributed by atoms with Gasteiger partial charge in [0.25, 0.3) is 0 Å². The van der Waals surface area contributed by atoms with Gasteiger partial charge in [-0.05, 0) is 31.6 Å². The van der Waals surface area contributed by atoms with Crippen molar-refractivity contribution in [1.29, 1.82) is 0 Å². The molecule has 0 amide bonds. The Kier molecular flexibility index (Phi) is 3.74. The summed E-state index contributed by atoms with van der Waals surface area (Å²) in [5, 5.41) is 3.57. The first-order valence-corrected chi connectivity index (χ1v) is 5.30. The summed E-state index contributed by atoms with van der Waals surface area (Å²) < 4.78 is 5.28. The smallest absolute Gasteiger partial charge is 0.0548 e. The molecule has 1 fully saturated rings. The van der Waals surface area contributed by atoms with Gasteiger partial charge >= 0.3 is 0 Å². The molecule has 2 nitrogen and oxygen atoms in total. The largest absolute Gasteiger partial charge is 0.382 e. The van der Waals surface area contributed by atoms with Gasteiger partial charge in [-0.15, -0.1) is 0 Å². The molecule has 0 aliphatic heterocycles. The lowest BCUT2D eigenvalue weighted by Gasteiger charge is -2.27. The van der Waals surface area contributed by atoms with Crippen LogP contribution >= 0.6 is 0 Å². The molecule has 1 saturated carbocycles. The average Bonchev–Trinajstić information content (AvgIpc) is 2.83. The lowest BCUT2D eigenvalue weighted by atomic mass is 9.87. The quantitative estimate of drug-likeness (QED) is 0.685. The van der Waals surface area contributed by atoms with Crippen LogP contribution in [0.5, 0.6) is 0 Å². The number of rotatable bonds is 6. The summed E-state index contributed by atoms with van der Waals surface area (Å²) in [6, 6.07) is 0.817.